The number of nitriles is 1. The Balaban J connectivity index is 2.17. The minimum Gasteiger partial charge on any atom is -0.379 e. The van der Waals surface area contributed by atoms with Gasteiger partial charge >= 0.3 is 0 Å². The number of carbonyl (C=O) groups is 1. The molecule has 1 saturated heterocycles. The molecule has 1 fully saturated rings. The molecule has 0 aliphatic carbocycles. The molecule has 1 heterocycles. The van der Waals surface area contributed by atoms with Crippen molar-refractivity contribution in [3.05, 3.63) is 0 Å². The molecule has 0 spiro atoms. The van der Waals surface area contributed by atoms with Crippen LogP contribution in [0.4, 0.5) is 0 Å². The lowest BCUT2D eigenvalue weighted by atomic mass is 10.1. The van der Waals surface area contributed by atoms with E-state index >= 15 is 0 Å². The maximum Gasteiger partial charge on any atom is 0.224 e. The monoisotopic (exact) mass is 210 g/mol. The Kier molecular flexibility index (Phi) is 4.57. The SMILES string of the molecule is CC(C)OCCCN1CC(C#N)CC1=O. The topological polar surface area (TPSA) is 53.3 Å². The van der Waals surface area contributed by atoms with E-state index in [0.29, 0.717) is 26.1 Å². The molecule has 1 amide bonds. The van der Waals surface area contributed by atoms with Crippen LogP contribution in [0.2, 0.25) is 0 Å². The van der Waals surface area contributed by atoms with Crippen LogP contribution in [0, 0.1) is 17.2 Å². The van der Waals surface area contributed by atoms with E-state index in [1.165, 1.54) is 0 Å². The molecule has 1 rings (SSSR count). The van der Waals surface area contributed by atoms with Crippen LogP contribution >= 0.6 is 0 Å². The fourth-order valence-corrected chi connectivity index (χ4v) is 1.65. The van der Waals surface area contributed by atoms with E-state index in [9.17, 15) is 4.79 Å². The number of hydrogen-bond acceptors (Lipinski definition) is 3. The summed E-state index contributed by atoms with van der Waals surface area (Å²) < 4.78 is 5.39. The van der Waals surface area contributed by atoms with Crippen molar-refractivity contribution >= 4 is 5.91 Å². The van der Waals surface area contributed by atoms with Gasteiger partial charge in [0.1, 0.15) is 0 Å². The molecular weight excluding hydrogens is 192 g/mol. The fourth-order valence-electron chi connectivity index (χ4n) is 1.65. The third-order valence-electron chi connectivity index (χ3n) is 2.42. The molecule has 0 radical (unpaired) electrons. The molecule has 0 aromatic heterocycles. The number of hydrogen-bond donors (Lipinski definition) is 0. The van der Waals surface area contributed by atoms with Crippen LogP contribution in [0.5, 0.6) is 0 Å². The van der Waals surface area contributed by atoms with Crippen LogP contribution in [0.3, 0.4) is 0 Å². The number of rotatable bonds is 5. The van der Waals surface area contributed by atoms with Gasteiger partial charge in [-0.3, -0.25) is 4.79 Å². The third kappa shape index (κ3) is 3.88. The van der Waals surface area contributed by atoms with Gasteiger partial charge in [-0.2, -0.15) is 5.26 Å². The van der Waals surface area contributed by atoms with Crippen LogP contribution < -0.4 is 0 Å². The molecule has 1 atom stereocenters. The van der Waals surface area contributed by atoms with Crippen LogP contribution in [0.15, 0.2) is 0 Å². The van der Waals surface area contributed by atoms with Crippen molar-refractivity contribution in [3.8, 4) is 6.07 Å². The van der Waals surface area contributed by atoms with E-state index in [0.717, 1.165) is 6.42 Å². The zero-order chi connectivity index (χ0) is 11.3. The Bertz CT molecular complexity index is 258. The molecule has 4 heteroatoms. The highest BCUT2D eigenvalue weighted by molar-refractivity contribution is 5.79. The summed E-state index contributed by atoms with van der Waals surface area (Å²) in [6.07, 6.45) is 1.48. The molecule has 15 heavy (non-hydrogen) atoms. The molecule has 0 aromatic carbocycles. The fraction of sp³-hybridized carbons (Fsp3) is 0.818. The number of ether oxygens (including phenoxy) is 1. The molecule has 0 bridgehead atoms. The quantitative estimate of drug-likeness (QED) is 0.640. The van der Waals surface area contributed by atoms with E-state index in [1.807, 2.05) is 13.8 Å². The molecule has 0 N–H and O–H groups in total. The standard InChI is InChI=1S/C11H18N2O2/c1-9(2)15-5-3-4-13-8-10(7-12)6-11(13)14/h9-10H,3-6,8H2,1-2H3. The summed E-state index contributed by atoms with van der Waals surface area (Å²) >= 11 is 0. The molecule has 1 unspecified atom stereocenters. The van der Waals surface area contributed by atoms with E-state index < -0.39 is 0 Å². The van der Waals surface area contributed by atoms with E-state index in [2.05, 4.69) is 6.07 Å². The average molecular weight is 210 g/mol. The summed E-state index contributed by atoms with van der Waals surface area (Å²) in [6, 6.07) is 2.14. The highest BCUT2D eigenvalue weighted by atomic mass is 16.5. The minimum atomic E-state index is -0.108. The van der Waals surface area contributed by atoms with Crippen molar-refractivity contribution in [2.24, 2.45) is 5.92 Å². The first kappa shape index (κ1) is 12.0. The summed E-state index contributed by atoms with van der Waals surface area (Å²) in [5.41, 5.74) is 0. The van der Waals surface area contributed by atoms with Gasteiger partial charge in [-0.25, -0.2) is 0 Å². The smallest absolute Gasteiger partial charge is 0.224 e. The van der Waals surface area contributed by atoms with E-state index in [4.69, 9.17) is 10.00 Å². The Labute approximate surface area is 90.8 Å². The Morgan fingerprint density at radius 1 is 1.67 bits per heavy atom. The third-order valence-corrected chi connectivity index (χ3v) is 2.42. The van der Waals surface area contributed by atoms with Gasteiger partial charge in [-0.15, -0.1) is 0 Å². The molecule has 1 aliphatic rings. The lowest BCUT2D eigenvalue weighted by Gasteiger charge is -2.15. The predicted octanol–water partition coefficient (Wildman–Crippen LogP) is 1.17. The summed E-state index contributed by atoms with van der Waals surface area (Å²) in [6.45, 7) is 5.97. The maximum atomic E-state index is 11.4. The van der Waals surface area contributed by atoms with Gasteiger partial charge in [0.25, 0.3) is 0 Å². The van der Waals surface area contributed by atoms with Crippen LogP contribution in [0.25, 0.3) is 0 Å². The number of carbonyl (C=O) groups excluding carboxylic acids is 1. The van der Waals surface area contributed by atoms with Crippen LogP contribution in [-0.2, 0) is 9.53 Å². The second-order valence-electron chi connectivity index (χ2n) is 4.14. The molecule has 84 valence electrons. The summed E-state index contributed by atoms with van der Waals surface area (Å²) in [7, 11) is 0. The highest BCUT2D eigenvalue weighted by Crippen LogP contribution is 2.16. The maximum absolute atomic E-state index is 11.4. The Morgan fingerprint density at radius 2 is 2.40 bits per heavy atom. The molecule has 0 aromatic rings. The Hall–Kier alpha value is -1.08. The summed E-state index contributed by atoms with van der Waals surface area (Å²) in [4.78, 5) is 13.2. The van der Waals surface area contributed by atoms with Crippen molar-refractivity contribution in [2.75, 3.05) is 19.7 Å². The first-order chi connectivity index (χ1) is 7.13. The number of nitrogens with zero attached hydrogens (tertiary/aromatic N) is 2. The van der Waals surface area contributed by atoms with Gasteiger partial charge in [0.05, 0.1) is 18.1 Å². The van der Waals surface area contributed by atoms with Crippen LogP contribution in [0.1, 0.15) is 26.7 Å². The number of amides is 1. The average Bonchev–Trinajstić information content (AvgIpc) is 2.54. The lowest BCUT2D eigenvalue weighted by molar-refractivity contribution is -0.127. The first-order valence-corrected chi connectivity index (χ1v) is 5.42. The van der Waals surface area contributed by atoms with Crippen molar-refractivity contribution in [1.29, 1.82) is 5.26 Å². The normalized spacial score (nSPS) is 21.1. The van der Waals surface area contributed by atoms with E-state index in [-0.39, 0.29) is 17.9 Å². The molecular formula is C11H18N2O2. The zero-order valence-corrected chi connectivity index (χ0v) is 9.40. The zero-order valence-electron chi connectivity index (χ0n) is 9.40. The summed E-state index contributed by atoms with van der Waals surface area (Å²) in [5, 5.41) is 8.69. The van der Waals surface area contributed by atoms with Crippen molar-refractivity contribution < 1.29 is 9.53 Å². The molecule has 0 saturated carbocycles. The Morgan fingerprint density at radius 3 is 2.93 bits per heavy atom. The van der Waals surface area contributed by atoms with Gasteiger partial charge in [0.15, 0.2) is 0 Å². The van der Waals surface area contributed by atoms with Gasteiger partial charge in [0.2, 0.25) is 5.91 Å². The second kappa shape index (κ2) is 5.72. The van der Waals surface area contributed by atoms with Crippen LogP contribution in [-0.4, -0.2) is 36.6 Å². The largest absolute Gasteiger partial charge is 0.379 e. The van der Waals surface area contributed by atoms with Crippen molar-refractivity contribution in [3.63, 3.8) is 0 Å². The van der Waals surface area contributed by atoms with E-state index in [1.54, 1.807) is 4.90 Å². The van der Waals surface area contributed by atoms with Gasteiger partial charge < -0.3 is 9.64 Å². The molecule has 1 aliphatic heterocycles. The van der Waals surface area contributed by atoms with Crippen molar-refractivity contribution in [1.82, 2.24) is 4.90 Å². The first-order valence-electron chi connectivity index (χ1n) is 5.42. The number of likely N-dealkylation sites (tertiary alicyclic amines) is 1. The van der Waals surface area contributed by atoms with Gasteiger partial charge in [0, 0.05) is 26.1 Å². The second-order valence-corrected chi connectivity index (χ2v) is 4.14. The van der Waals surface area contributed by atoms with Gasteiger partial charge in [-0.1, -0.05) is 0 Å². The van der Waals surface area contributed by atoms with Crippen molar-refractivity contribution in [2.45, 2.75) is 32.8 Å². The summed E-state index contributed by atoms with van der Waals surface area (Å²) in [5.74, 6) is -0.00499. The lowest BCUT2D eigenvalue weighted by Crippen LogP contribution is -2.27. The highest BCUT2D eigenvalue weighted by Gasteiger charge is 2.28. The predicted molar refractivity (Wildman–Crippen MR) is 56.0 cm³/mol. The molecule has 4 nitrogen and oxygen atoms in total. The van der Waals surface area contributed by atoms with Gasteiger partial charge in [-0.05, 0) is 20.3 Å². The minimum absolute atomic E-state index is 0.103.